The van der Waals surface area contributed by atoms with Crippen LogP contribution in [0.25, 0.3) is 0 Å². The number of nitro groups is 1. The lowest BCUT2D eigenvalue weighted by molar-refractivity contribution is -0.387. The van der Waals surface area contributed by atoms with Crippen LogP contribution in [0.2, 0.25) is 0 Å². The highest BCUT2D eigenvalue weighted by atomic mass is 79.9. The summed E-state index contributed by atoms with van der Waals surface area (Å²) in [6.07, 6.45) is 0. The van der Waals surface area contributed by atoms with Crippen molar-refractivity contribution in [2.45, 2.75) is 9.79 Å². The first-order chi connectivity index (χ1) is 9.10. The highest BCUT2D eigenvalue weighted by Crippen LogP contribution is 2.37. The molecular weight excluding hydrogens is 330 g/mol. The first kappa shape index (κ1) is 13.9. The normalized spacial score (nSPS) is 10.2. The predicted octanol–water partition coefficient (Wildman–Crippen LogP) is 4.52. The van der Waals surface area contributed by atoms with E-state index >= 15 is 0 Å². The van der Waals surface area contributed by atoms with E-state index in [1.165, 1.54) is 17.8 Å². The fourth-order valence-electron chi connectivity index (χ4n) is 1.51. The van der Waals surface area contributed by atoms with E-state index in [1.807, 2.05) is 24.3 Å². The van der Waals surface area contributed by atoms with E-state index in [9.17, 15) is 10.1 Å². The van der Waals surface area contributed by atoms with Crippen LogP contribution in [0.15, 0.2) is 56.7 Å². The molecule has 0 unspecified atom stereocenters. The number of nitro benzene ring substituents is 1. The lowest BCUT2D eigenvalue weighted by Crippen LogP contribution is -1.90. The fourth-order valence-corrected chi connectivity index (χ4v) is 3.03. The third kappa shape index (κ3) is 3.48. The number of hydrogen-bond donors (Lipinski definition) is 0. The third-order valence-electron chi connectivity index (χ3n) is 2.39. The van der Waals surface area contributed by atoms with Gasteiger partial charge in [0.25, 0.3) is 5.69 Å². The first-order valence-corrected chi connectivity index (χ1v) is 6.97. The summed E-state index contributed by atoms with van der Waals surface area (Å²) in [5.41, 5.74) is 0.0935. The Hall–Kier alpha value is -1.53. The number of rotatable bonds is 4. The van der Waals surface area contributed by atoms with Crippen LogP contribution in [0.1, 0.15) is 0 Å². The molecule has 2 aromatic carbocycles. The maximum Gasteiger partial charge on any atom is 0.283 e. The topological polar surface area (TPSA) is 52.4 Å². The predicted molar refractivity (Wildman–Crippen MR) is 77.9 cm³/mol. The van der Waals surface area contributed by atoms with Crippen molar-refractivity contribution in [1.29, 1.82) is 0 Å². The molecule has 98 valence electrons. The number of halogens is 1. The Balaban J connectivity index is 2.36. The maximum atomic E-state index is 11.0. The highest BCUT2D eigenvalue weighted by molar-refractivity contribution is 9.10. The van der Waals surface area contributed by atoms with Crippen molar-refractivity contribution in [2.75, 3.05) is 7.11 Å². The van der Waals surface area contributed by atoms with E-state index in [1.54, 1.807) is 19.2 Å². The minimum absolute atomic E-state index is 0.0935. The first-order valence-electron chi connectivity index (χ1n) is 5.36. The summed E-state index contributed by atoms with van der Waals surface area (Å²) in [7, 11) is 1.59. The molecule has 0 saturated heterocycles. The summed E-state index contributed by atoms with van der Waals surface area (Å²) < 4.78 is 5.95. The standard InChI is InChI=1S/C13H10BrNO3S/c1-18-10-3-2-4-11(8-10)19-13-7-9(14)5-6-12(13)15(16)17/h2-8H,1H3. The van der Waals surface area contributed by atoms with Crippen LogP contribution in [0.3, 0.4) is 0 Å². The summed E-state index contributed by atoms with van der Waals surface area (Å²) in [4.78, 5) is 12.1. The fraction of sp³-hybridized carbons (Fsp3) is 0.0769. The highest BCUT2D eigenvalue weighted by Gasteiger charge is 2.15. The van der Waals surface area contributed by atoms with E-state index in [4.69, 9.17) is 4.74 Å². The van der Waals surface area contributed by atoms with Crippen molar-refractivity contribution in [2.24, 2.45) is 0 Å². The molecule has 0 N–H and O–H groups in total. The average molecular weight is 340 g/mol. The minimum Gasteiger partial charge on any atom is -0.497 e. The van der Waals surface area contributed by atoms with Gasteiger partial charge in [-0.25, -0.2) is 0 Å². The minimum atomic E-state index is -0.380. The summed E-state index contributed by atoms with van der Waals surface area (Å²) in [5.74, 6) is 0.725. The zero-order valence-electron chi connectivity index (χ0n) is 10.00. The van der Waals surface area contributed by atoms with Crippen LogP contribution in [0, 0.1) is 10.1 Å². The molecule has 19 heavy (non-hydrogen) atoms. The van der Waals surface area contributed by atoms with Gasteiger partial charge in [0, 0.05) is 15.4 Å². The van der Waals surface area contributed by atoms with Gasteiger partial charge in [-0.1, -0.05) is 33.8 Å². The zero-order chi connectivity index (χ0) is 13.8. The molecule has 2 aromatic rings. The molecule has 0 aliphatic heterocycles. The summed E-state index contributed by atoms with van der Waals surface area (Å²) in [6.45, 7) is 0. The second-order valence-corrected chi connectivity index (χ2v) is 5.68. The smallest absolute Gasteiger partial charge is 0.283 e. The summed E-state index contributed by atoms with van der Waals surface area (Å²) >= 11 is 4.66. The molecule has 0 atom stereocenters. The summed E-state index contributed by atoms with van der Waals surface area (Å²) in [5, 5.41) is 11.0. The van der Waals surface area contributed by atoms with Gasteiger partial charge >= 0.3 is 0 Å². The zero-order valence-corrected chi connectivity index (χ0v) is 12.4. The second kappa shape index (κ2) is 6.08. The molecule has 0 heterocycles. The Morgan fingerprint density at radius 2 is 2.05 bits per heavy atom. The van der Waals surface area contributed by atoms with E-state index < -0.39 is 0 Å². The van der Waals surface area contributed by atoms with E-state index in [0.29, 0.717) is 4.90 Å². The van der Waals surface area contributed by atoms with Crippen LogP contribution in [-0.4, -0.2) is 12.0 Å². The van der Waals surface area contributed by atoms with Gasteiger partial charge in [0.05, 0.1) is 16.9 Å². The molecule has 4 nitrogen and oxygen atoms in total. The molecule has 0 amide bonds. The van der Waals surface area contributed by atoms with Gasteiger partial charge in [-0.3, -0.25) is 10.1 Å². The van der Waals surface area contributed by atoms with Crippen molar-refractivity contribution in [3.05, 3.63) is 57.1 Å². The quantitative estimate of drug-likeness (QED) is 0.607. The van der Waals surface area contributed by atoms with Crippen LogP contribution >= 0.6 is 27.7 Å². The van der Waals surface area contributed by atoms with Gasteiger partial charge in [0.15, 0.2) is 0 Å². The van der Waals surface area contributed by atoms with Crippen LogP contribution in [0.5, 0.6) is 5.75 Å². The van der Waals surface area contributed by atoms with Crippen molar-refractivity contribution in [1.82, 2.24) is 0 Å². The molecule has 0 spiro atoms. The molecular formula is C13H10BrNO3S. The van der Waals surface area contributed by atoms with Crippen molar-refractivity contribution in [3.8, 4) is 5.75 Å². The number of benzene rings is 2. The van der Waals surface area contributed by atoms with Crippen molar-refractivity contribution >= 4 is 33.4 Å². The third-order valence-corrected chi connectivity index (χ3v) is 3.92. The van der Waals surface area contributed by atoms with Gasteiger partial charge in [0.1, 0.15) is 5.75 Å². The molecule has 0 radical (unpaired) electrons. The number of methoxy groups -OCH3 is 1. The van der Waals surface area contributed by atoms with Crippen LogP contribution in [0.4, 0.5) is 5.69 Å². The van der Waals surface area contributed by atoms with Gasteiger partial charge in [-0.15, -0.1) is 0 Å². The number of hydrogen-bond acceptors (Lipinski definition) is 4. The lowest BCUT2D eigenvalue weighted by atomic mass is 10.3. The van der Waals surface area contributed by atoms with Gasteiger partial charge in [-0.2, -0.15) is 0 Å². The molecule has 0 bridgehead atoms. The average Bonchev–Trinajstić information content (AvgIpc) is 2.38. The van der Waals surface area contributed by atoms with Crippen LogP contribution < -0.4 is 4.74 Å². The largest absolute Gasteiger partial charge is 0.497 e. The molecule has 0 fully saturated rings. The molecule has 2 rings (SSSR count). The molecule has 6 heteroatoms. The van der Waals surface area contributed by atoms with Crippen LogP contribution in [-0.2, 0) is 0 Å². The maximum absolute atomic E-state index is 11.0. The molecule has 0 aromatic heterocycles. The number of nitrogens with zero attached hydrogens (tertiary/aromatic N) is 1. The van der Waals surface area contributed by atoms with Crippen molar-refractivity contribution < 1.29 is 9.66 Å². The van der Waals surface area contributed by atoms with E-state index in [0.717, 1.165) is 15.1 Å². The molecule has 0 saturated carbocycles. The lowest BCUT2D eigenvalue weighted by Gasteiger charge is -2.05. The van der Waals surface area contributed by atoms with Gasteiger partial charge < -0.3 is 4.74 Å². The Morgan fingerprint density at radius 1 is 1.26 bits per heavy atom. The second-order valence-electron chi connectivity index (χ2n) is 3.65. The van der Waals surface area contributed by atoms with E-state index in [-0.39, 0.29) is 10.6 Å². The molecule has 0 aliphatic carbocycles. The number of ether oxygens (including phenoxy) is 1. The molecule has 0 aliphatic rings. The Kier molecular flexibility index (Phi) is 4.44. The summed E-state index contributed by atoms with van der Waals surface area (Å²) in [6, 6.07) is 12.3. The van der Waals surface area contributed by atoms with E-state index in [2.05, 4.69) is 15.9 Å². The SMILES string of the molecule is COc1cccc(Sc2cc(Br)ccc2[N+](=O)[O-])c1. The Bertz CT molecular complexity index is 619. The Labute approximate surface area is 123 Å². The van der Waals surface area contributed by atoms with Gasteiger partial charge in [-0.05, 0) is 30.3 Å². The van der Waals surface area contributed by atoms with Gasteiger partial charge in [0.2, 0.25) is 0 Å². The monoisotopic (exact) mass is 339 g/mol. The van der Waals surface area contributed by atoms with Crippen molar-refractivity contribution in [3.63, 3.8) is 0 Å². The Morgan fingerprint density at radius 3 is 2.74 bits per heavy atom.